The first kappa shape index (κ1) is 21.6. The van der Waals surface area contributed by atoms with Crippen molar-refractivity contribution in [3.05, 3.63) is 78.7 Å². The quantitative estimate of drug-likeness (QED) is 0.389. The van der Waals surface area contributed by atoms with Crippen LogP contribution in [0.15, 0.2) is 61.8 Å². The molecule has 0 unspecified atom stereocenters. The second kappa shape index (κ2) is 9.78. The summed E-state index contributed by atoms with van der Waals surface area (Å²) in [6.45, 7) is 15.1. The molecule has 0 fully saturated rings. The molecule has 0 amide bonds. The number of hydrogen-bond donors (Lipinski definition) is 1. The van der Waals surface area contributed by atoms with Gasteiger partial charge in [-0.05, 0) is 39.3 Å². The molecule has 3 heterocycles. The van der Waals surface area contributed by atoms with Gasteiger partial charge in [0.05, 0.1) is 14.0 Å². The number of pyridine rings is 1. The van der Waals surface area contributed by atoms with Crippen molar-refractivity contribution in [2.75, 3.05) is 18.5 Å². The predicted octanol–water partition coefficient (Wildman–Crippen LogP) is 5.39. The molecule has 0 saturated carbocycles. The maximum Gasteiger partial charge on any atom is 0.132 e. The van der Waals surface area contributed by atoms with Gasteiger partial charge in [0.15, 0.2) is 0 Å². The molecule has 0 aliphatic rings. The van der Waals surface area contributed by atoms with Gasteiger partial charge in [-0.2, -0.15) is 0 Å². The Morgan fingerprint density at radius 3 is 2.54 bits per heavy atom. The minimum atomic E-state index is -0.263. The van der Waals surface area contributed by atoms with E-state index in [2.05, 4.69) is 82.6 Å². The molecule has 0 aliphatic carbocycles. The Kier molecular flexibility index (Phi) is 6.05. The first-order chi connectivity index (χ1) is 17.5. The number of para-hydroxylation sites is 1. The van der Waals surface area contributed by atoms with Crippen LogP contribution in [0.3, 0.4) is 0 Å². The van der Waals surface area contributed by atoms with Gasteiger partial charge in [0.25, 0.3) is 0 Å². The van der Waals surface area contributed by atoms with E-state index >= 15 is 0 Å². The lowest BCUT2D eigenvalue weighted by atomic mass is 9.93. The van der Waals surface area contributed by atoms with Crippen LogP contribution in [0.2, 0.25) is 0 Å². The van der Waals surface area contributed by atoms with Crippen LogP contribution in [0, 0.1) is 6.92 Å². The summed E-state index contributed by atoms with van der Waals surface area (Å²) in [6.07, 6.45) is 3.27. The molecule has 0 saturated heterocycles. The zero-order valence-corrected chi connectivity index (χ0v) is 21.2. The molecule has 0 radical (unpaired) electrons. The van der Waals surface area contributed by atoms with Gasteiger partial charge in [-0.1, -0.05) is 31.7 Å². The smallest absolute Gasteiger partial charge is 0.132 e. The first-order valence-corrected chi connectivity index (χ1v) is 11.7. The normalized spacial score (nSPS) is 13.2. The van der Waals surface area contributed by atoms with Crippen LogP contribution < -0.4 is 10.2 Å². The summed E-state index contributed by atoms with van der Waals surface area (Å²) in [5.41, 5.74) is 4.48. The van der Waals surface area contributed by atoms with E-state index in [-0.39, 0.29) is 23.8 Å². The van der Waals surface area contributed by atoms with Gasteiger partial charge in [0.1, 0.15) is 18.0 Å². The lowest BCUT2D eigenvalue weighted by Gasteiger charge is -2.38. The van der Waals surface area contributed by atoms with E-state index in [1.165, 1.54) is 6.33 Å². The van der Waals surface area contributed by atoms with E-state index in [9.17, 15) is 0 Å². The Bertz CT molecular complexity index is 1440. The Labute approximate surface area is 210 Å². The average molecular weight is 470 g/mol. The second-order valence-corrected chi connectivity index (χ2v) is 9.64. The molecular weight excluding hydrogens is 434 g/mol. The molecule has 3 aromatic heterocycles. The van der Waals surface area contributed by atoms with Crippen LogP contribution >= 0.6 is 0 Å². The largest absolute Gasteiger partial charge is 0.388 e. The number of benzene rings is 1. The van der Waals surface area contributed by atoms with Gasteiger partial charge >= 0.3 is 0 Å². The minimum absolute atomic E-state index is 0.0152. The van der Waals surface area contributed by atoms with Crippen LogP contribution in [0.1, 0.15) is 53.3 Å². The molecule has 35 heavy (non-hydrogen) atoms. The Morgan fingerprint density at radius 2 is 1.86 bits per heavy atom. The van der Waals surface area contributed by atoms with Gasteiger partial charge in [0.2, 0.25) is 0 Å². The van der Waals surface area contributed by atoms with Gasteiger partial charge in [-0.25, -0.2) is 19.9 Å². The maximum absolute atomic E-state index is 8.29. The topological polar surface area (TPSA) is 79.7 Å². The number of rotatable bonds is 7. The Hall–Kier alpha value is -3.87. The van der Waals surface area contributed by atoms with Crippen LogP contribution in [-0.2, 0) is 0 Å². The van der Waals surface area contributed by atoms with E-state index in [1.807, 2.05) is 25.4 Å². The zero-order chi connectivity index (χ0) is 26.9. The monoisotopic (exact) mass is 469 g/mol. The number of nitrogens with zero attached hydrogens (tertiary/aromatic N) is 6. The number of aromatic nitrogens is 5. The first-order valence-electron chi connectivity index (χ1n) is 12.7. The van der Waals surface area contributed by atoms with Crippen LogP contribution in [0.4, 0.5) is 5.82 Å². The summed E-state index contributed by atoms with van der Waals surface area (Å²) in [6, 6.07) is 10.1. The highest BCUT2D eigenvalue weighted by Crippen LogP contribution is 2.32. The Morgan fingerprint density at radius 1 is 1.11 bits per heavy atom. The van der Waals surface area contributed by atoms with Crippen molar-refractivity contribution in [3.8, 4) is 11.3 Å². The molecule has 0 aliphatic heterocycles. The minimum Gasteiger partial charge on any atom is -0.388 e. The number of fused-ring (bicyclic) bond motifs is 1. The van der Waals surface area contributed by atoms with Crippen LogP contribution in [0.5, 0.6) is 0 Å². The van der Waals surface area contributed by atoms with Crippen molar-refractivity contribution in [1.82, 2.24) is 30.2 Å². The molecule has 4 aromatic rings. The van der Waals surface area contributed by atoms with E-state index in [0.29, 0.717) is 29.4 Å². The highest BCUT2D eigenvalue weighted by atomic mass is 15.2. The summed E-state index contributed by atoms with van der Waals surface area (Å²) in [4.78, 5) is 24.1. The molecule has 1 atom stereocenters. The van der Waals surface area contributed by atoms with Gasteiger partial charge in [-0.3, -0.25) is 4.98 Å². The zero-order valence-electron chi connectivity index (χ0n) is 23.2. The van der Waals surface area contributed by atoms with Crippen LogP contribution in [0.25, 0.3) is 27.9 Å². The summed E-state index contributed by atoms with van der Waals surface area (Å²) in [7, 11) is 1.87. The highest BCUT2D eigenvalue weighted by Gasteiger charge is 2.26. The Balaban J connectivity index is 1.74. The van der Waals surface area contributed by atoms with E-state index in [1.54, 1.807) is 6.92 Å². The molecule has 7 heteroatoms. The van der Waals surface area contributed by atoms with E-state index in [4.69, 9.17) is 7.73 Å². The van der Waals surface area contributed by atoms with Gasteiger partial charge in [-0.15, -0.1) is 0 Å². The van der Waals surface area contributed by atoms with Crippen LogP contribution in [-0.4, -0.2) is 44.1 Å². The van der Waals surface area contributed by atoms with Crippen molar-refractivity contribution < 1.29 is 2.74 Å². The highest BCUT2D eigenvalue weighted by molar-refractivity contribution is 5.92. The summed E-state index contributed by atoms with van der Waals surface area (Å²) in [5.74, 6) is 1.22. The van der Waals surface area contributed by atoms with Crippen molar-refractivity contribution in [1.29, 1.82) is 0 Å². The maximum atomic E-state index is 8.29. The van der Waals surface area contributed by atoms with E-state index in [0.717, 1.165) is 27.7 Å². The summed E-state index contributed by atoms with van der Waals surface area (Å²) < 4.78 is 16.6. The predicted molar refractivity (Wildman–Crippen MR) is 143 cm³/mol. The third-order valence-electron chi connectivity index (χ3n) is 6.07. The summed E-state index contributed by atoms with van der Waals surface area (Å²) >= 11 is 0. The third kappa shape index (κ3) is 5.14. The molecular formula is C28H33N7. The standard InChI is InChI=1S/C28H33N7/c1-18(22-9-8-10-24-23(19(2)29-7)11-12-30-27(22)24)16-35(28(4,5)6)26-13-25(33-17-34-26)21-14-31-20(3)32-15-21/h8-15,17-18,29H,2,16H2,1,3-7H3/t18-/m1/s1/i14D,15D. The van der Waals surface area contributed by atoms with E-state index < -0.39 is 0 Å². The average Bonchev–Trinajstić information content (AvgIpc) is 2.84. The fourth-order valence-electron chi connectivity index (χ4n) is 4.15. The SMILES string of the molecule is [2H]c1nc(C)nc([2H])c1-c1cc(N(C[C@@H](C)c2cccc3c(C(=C)NC)ccnc23)C(C)(C)C)ncn1. The third-order valence-corrected chi connectivity index (χ3v) is 6.07. The molecule has 1 N–H and O–H groups in total. The molecule has 0 bridgehead atoms. The number of anilines is 1. The number of nitrogens with one attached hydrogen (secondary N) is 1. The van der Waals surface area contributed by atoms with Crippen molar-refractivity contribution in [2.24, 2.45) is 0 Å². The molecule has 7 nitrogen and oxygen atoms in total. The lowest BCUT2D eigenvalue weighted by Crippen LogP contribution is -2.44. The second-order valence-electron chi connectivity index (χ2n) is 9.64. The van der Waals surface area contributed by atoms with Crippen molar-refractivity contribution in [3.63, 3.8) is 0 Å². The fraction of sp³-hybridized carbons (Fsp3) is 0.321. The summed E-state index contributed by atoms with van der Waals surface area (Å²) in [5, 5.41) is 4.20. The number of aryl methyl sites for hydroxylation is 1. The lowest BCUT2D eigenvalue weighted by molar-refractivity contribution is 0.481. The van der Waals surface area contributed by atoms with Crippen molar-refractivity contribution >= 4 is 22.4 Å². The van der Waals surface area contributed by atoms with Gasteiger partial charge in [0, 0.05) is 71.9 Å². The fourth-order valence-corrected chi connectivity index (χ4v) is 4.15. The molecule has 1 aromatic carbocycles. The molecule has 0 spiro atoms. The molecule has 180 valence electrons. The number of hydrogen-bond acceptors (Lipinski definition) is 7. The van der Waals surface area contributed by atoms with Gasteiger partial charge < -0.3 is 10.2 Å². The molecule has 4 rings (SSSR count). The van der Waals surface area contributed by atoms with Crippen molar-refractivity contribution in [2.45, 2.75) is 46.1 Å².